The van der Waals surface area contributed by atoms with Crippen LogP contribution in [-0.4, -0.2) is 24.4 Å². The van der Waals surface area contributed by atoms with E-state index in [0.29, 0.717) is 6.54 Å². The van der Waals surface area contributed by atoms with Crippen molar-refractivity contribution < 1.29 is 9.84 Å². The molecule has 2 aromatic rings. The molecule has 2 aromatic carbocycles. The molecule has 4 heteroatoms. The zero-order valence-corrected chi connectivity index (χ0v) is 13.5. The van der Waals surface area contributed by atoms with Crippen LogP contribution in [-0.2, 0) is 0 Å². The van der Waals surface area contributed by atoms with Gasteiger partial charge < -0.3 is 15.2 Å². The lowest BCUT2D eigenvalue weighted by molar-refractivity contribution is 0.117. The molecule has 0 saturated heterocycles. The standard InChI is InChI=1S/C16H18INO2/c1-12-4-2-3-5-16(12)20-11-15(19)10-18-14-8-6-13(17)7-9-14/h2-9,15,18-19H,10-11H2,1H3. The fourth-order valence-electron chi connectivity index (χ4n) is 1.77. The Labute approximate surface area is 133 Å². The number of hydrogen-bond donors (Lipinski definition) is 2. The van der Waals surface area contributed by atoms with Crippen molar-refractivity contribution in [1.82, 2.24) is 0 Å². The maximum absolute atomic E-state index is 9.93. The Kier molecular flexibility index (Phi) is 5.67. The molecule has 0 heterocycles. The normalized spacial score (nSPS) is 11.9. The first-order chi connectivity index (χ1) is 9.65. The predicted molar refractivity (Wildman–Crippen MR) is 90.3 cm³/mol. The van der Waals surface area contributed by atoms with Gasteiger partial charge in [0.05, 0.1) is 0 Å². The van der Waals surface area contributed by atoms with Gasteiger partial charge in [0, 0.05) is 15.8 Å². The monoisotopic (exact) mass is 383 g/mol. The highest BCUT2D eigenvalue weighted by Crippen LogP contribution is 2.16. The number of anilines is 1. The predicted octanol–water partition coefficient (Wildman–Crippen LogP) is 3.45. The largest absolute Gasteiger partial charge is 0.491 e. The van der Waals surface area contributed by atoms with Gasteiger partial charge in [-0.2, -0.15) is 0 Å². The zero-order chi connectivity index (χ0) is 14.4. The van der Waals surface area contributed by atoms with Gasteiger partial charge in [0.15, 0.2) is 0 Å². The molecular weight excluding hydrogens is 365 g/mol. The van der Waals surface area contributed by atoms with Crippen molar-refractivity contribution in [1.29, 1.82) is 0 Å². The summed E-state index contributed by atoms with van der Waals surface area (Å²) in [5, 5.41) is 13.1. The van der Waals surface area contributed by atoms with Gasteiger partial charge in [0.1, 0.15) is 18.5 Å². The summed E-state index contributed by atoms with van der Waals surface area (Å²) < 4.78 is 6.81. The minimum absolute atomic E-state index is 0.280. The third-order valence-electron chi connectivity index (χ3n) is 2.91. The van der Waals surface area contributed by atoms with Gasteiger partial charge in [0.25, 0.3) is 0 Å². The Bertz CT molecular complexity index is 542. The number of aliphatic hydroxyl groups excluding tert-OH is 1. The Morgan fingerprint density at radius 1 is 1.15 bits per heavy atom. The fourth-order valence-corrected chi connectivity index (χ4v) is 2.13. The highest BCUT2D eigenvalue weighted by atomic mass is 127. The van der Waals surface area contributed by atoms with Crippen molar-refractivity contribution in [3.63, 3.8) is 0 Å². The molecule has 0 amide bonds. The molecule has 1 unspecified atom stereocenters. The molecule has 0 bridgehead atoms. The Morgan fingerprint density at radius 2 is 1.85 bits per heavy atom. The first kappa shape index (κ1) is 15.1. The molecule has 2 rings (SSSR count). The van der Waals surface area contributed by atoms with Gasteiger partial charge in [-0.05, 0) is 65.4 Å². The number of para-hydroxylation sites is 1. The van der Waals surface area contributed by atoms with Crippen LogP contribution in [0.5, 0.6) is 5.75 Å². The molecule has 0 aromatic heterocycles. The Hall–Kier alpha value is -1.27. The third-order valence-corrected chi connectivity index (χ3v) is 3.63. The number of aryl methyl sites for hydroxylation is 1. The lowest BCUT2D eigenvalue weighted by atomic mass is 10.2. The lowest BCUT2D eigenvalue weighted by Crippen LogP contribution is -2.26. The van der Waals surface area contributed by atoms with Crippen LogP contribution >= 0.6 is 22.6 Å². The number of halogens is 1. The molecule has 0 fully saturated rings. The van der Waals surface area contributed by atoms with Crippen LogP contribution in [0.2, 0.25) is 0 Å². The SMILES string of the molecule is Cc1ccccc1OCC(O)CNc1ccc(I)cc1. The second kappa shape index (κ2) is 7.50. The molecule has 106 valence electrons. The molecular formula is C16H18INO2. The van der Waals surface area contributed by atoms with E-state index in [1.54, 1.807) is 0 Å². The number of ether oxygens (including phenoxy) is 1. The van der Waals surface area contributed by atoms with Crippen molar-refractivity contribution in [2.75, 3.05) is 18.5 Å². The van der Waals surface area contributed by atoms with Crippen LogP contribution in [0.25, 0.3) is 0 Å². The molecule has 0 aliphatic carbocycles. The summed E-state index contributed by atoms with van der Waals surface area (Å²) in [6.07, 6.45) is -0.547. The molecule has 0 aliphatic rings. The summed E-state index contributed by atoms with van der Waals surface area (Å²) in [6, 6.07) is 15.8. The second-order valence-corrected chi connectivity index (χ2v) is 5.86. The van der Waals surface area contributed by atoms with Gasteiger partial charge in [-0.3, -0.25) is 0 Å². The van der Waals surface area contributed by atoms with Gasteiger partial charge in [-0.15, -0.1) is 0 Å². The third kappa shape index (κ3) is 4.68. The van der Waals surface area contributed by atoms with Gasteiger partial charge in [-0.25, -0.2) is 0 Å². The van der Waals surface area contributed by atoms with Crippen molar-refractivity contribution >= 4 is 28.3 Å². The van der Waals surface area contributed by atoms with E-state index in [1.807, 2.05) is 55.5 Å². The topological polar surface area (TPSA) is 41.5 Å². The molecule has 0 spiro atoms. The molecule has 0 saturated carbocycles. The van der Waals surface area contributed by atoms with Gasteiger partial charge in [0.2, 0.25) is 0 Å². The van der Waals surface area contributed by atoms with Crippen molar-refractivity contribution in [3.8, 4) is 5.75 Å². The van der Waals surface area contributed by atoms with E-state index in [0.717, 1.165) is 17.0 Å². The van der Waals surface area contributed by atoms with Crippen molar-refractivity contribution in [3.05, 3.63) is 57.7 Å². The van der Waals surface area contributed by atoms with Crippen LogP contribution in [0.15, 0.2) is 48.5 Å². The quantitative estimate of drug-likeness (QED) is 0.751. The van der Waals surface area contributed by atoms with E-state index in [2.05, 4.69) is 27.9 Å². The summed E-state index contributed by atoms with van der Waals surface area (Å²) in [5.41, 5.74) is 2.07. The van der Waals surface area contributed by atoms with E-state index >= 15 is 0 Å². The number of rotatable bonds is 6. The molecule has 0 aliphatic heterocycles. The summed E-state index contributed by atoms with van der Waals surface area (Å²) in [4.78, 5) is 0. The van der Waals surface area contributed by atoms with Crippen LogP contribution < -0.4 is 10.1 Å². The van der Waals surface area contributed by atoms with Crippen LogP contribution in [0, 0.1) is 10.5 Å². The summed E-state index contributed by atoms with van der Waals surface area (Å²) >= 11 is 2.26. The zero-order valence-electron chi connectivity index (χ0n) is 11.3. The fraction of sp³-hybridized carbons (Fsp3) is 0.250. The minimum atomic E-state index is -0.547. The highest BCUT2D eigenvalue weighted by molar-refractivity contribution is 14.1. The number of aliphatic hydroxyl groups is 1. The lowest BCUT2D eigenvalue weighted by Gasteiger charge is -2.15. The van der Waals surface area contributed by atoms with Crippen molar-refractivity contribution in [2.24, 2.45) is 0 Å². The molecule has 1 atom stereocenters. The van der Waals surface area contributed by atoms with E-state index in [-0.39, 0.29) is 6.61 Å². The Morgan fingerprint density at radius 3 is 2.55 bits per heavy atom. The summed E-state index contributed by atoms with van der Waals surface area (Å²) in [7, 11) is 0. The number of hydrogen-bond acceptors (Lipinski definition) is 3. The highest BCUT2D eigenvalue weighted by Gasteiger charge is 2.06. The molecule has 2 N–H and O–H groups in total. The van der Waals surface area contributed by atoms with Crippen LogP contribution in [0.3, 0.4) is 0 Å². The van der Waals surface area contributed by atoms with Crippen LogP contribution in [0.1, 0.15) is 5.56 Å². The average Bonchev–Trinajstić information content (AvgIpc) is 2.46. The molecule has 3 nitrogen and oxygen atoms in total. The first-order valence-electron chi connectivity index (χ1n) is 6.51. The summed E-state index contributed by atoms with van der Waals surface area (Å²) in [6.45, 7) is 2.74. The van der Waals surface area contributed by atoms with Crippen LogP contribution in [0.4, 0.5) is 5.69 Å². The number of nitrogens with one attached hydrogen (secondary N) is 1. The maximum Gasteiger partial charge on any atom is 0.122 e. The van der Waals surface area contributed by atoms with Crippen molar-refractivity contribution in [2.45, 2.75) is 13.0 Å². The van der Waals surface area contributed by atoms with E-state index in [9.17, 15) is 5.11 Å². The first-order valence-corrected chi connectivity index (χ1v) is 7.59. The van der Waals surface area contributed by atoms with Gasteiger partial charge in [-0.1, -0.05) is 18.2 Å². The maximum atomic E-state index is 9.93. The van der Waals surface area contributed by atoms with E-state index in [1.165, 1.54) is 3.57 Å². The smallest absolute Gasteiger partial charge is 0.122 e. The average molecular weight is 383 g/mol. The second-order valence-electron chi connectivity index (χ2n) is 4.62. The van der Waals surface area contributed by atoms with E-state index in [4.69, 9.17) is 4.74 Å². The molecule has 0 radical (unpaired) electrons. The molecule has 20 heavy (non-hydrogen) atoms. The Balaban J connectivity index is 1.77. The van der Waals surface area contributed by atoms with Gasteiger partial charge >= 0.3 is 0 Å². The minimum Gasteiger partial charge on any atom is -0.491 e. The summed E-state index contributed by atoms with van der Waals surface area (Å²) in [5.74, 6) is 0.820. The number of benzene rings is 2. The van der Waals surface area contributed by atoms with E-state index < -0.39 is 6.10 Å².